The van der Waals surface area contributed by atoms with E-state index in [0.717, 1.165) is 19.3 Å². The molecule has 0 radical (unpaired) electrons. The number of nitrogens with zero attached hydrogens (tertiary/aromatic N) is 1. The van der Waals surface area contributed by atoms with Crippen molar-refractivity contribution in [2.75, 3.05) is 25.5 Å². The Morgan fingerprint density at radius 1 is 1.24 bits per heavy atom. The van der Waals surface area contributed by atoms with E-state index in [1.807, 2.05) is 0 Å². The lowest BCUT2D eigenvalue weighted by atomic mass is 9.81. The lowest BCUT2D eigenvalue weighted by Gasteiger charge is -2.25. The minimum absolute atomic E-state index is 0.0619. The van der Waals surface area contributed by atoms with Crippen LogP contribution in [0.15, 0.2) is 42.5 Å². The highest BCUT2D eigenvalue weighted by Crippen LogP contribution is 2.45. The van der Waals surface area contributed by atoms with E-state index in [1.54, 1.807) is 11.0 Å². The quantitative estimate of drug-likeness (QED) is 0.899. The maximum absolute atomic E-state index is 14.1. The normalized spacial score (nSPS) is 21.4. The third-order valence-corrected chi connectivity index (χ3v) is 5.52. The van der Waals surface area contributed by atoms with Gasteiger partial charge in [-0.25, -0.2) is 9.18 Å². The Labute approximate surface area is 146 Å². The van der Waals surface area contributed by atoms with Gasteiger partial charge in [-0.05, 0) is 42.5 Å². The van der Waals surface area contributed by atoms with Gasteiger partial charge in [-0.1, -0.05) is 24.3 Å². The first kappa shape index (κ1) is 15.9. The molecule has 1 fully saturated rings. The average molecular weight is 340 g/mol. The molecule has 1 saturated heterocycles. The molecule has 2 aliphatic rings. The van der Waals surface area contributed by atoms with Crippen molar-refractivity contribution in [2.45, 2.75) is 24.7 Å². The Balaban J connectivity index is 1.48. The number of likely N-dealkylation sites (tertiary alicyclic amines) is 1. The number of halogens is 1. The summed E-state index contributed by atoms with van der Waals surface area (Å²) in [6.07, 6.45) is 3.11. The molecule has 2 aromatic carbocycles. The van der Waals surface area contributed by atoms with Crippen LogP contribution in [0.3, 0.4) is 0 Å². The van der Waals surface area contributed by atoms with Gasteiger partial charge in [0.1, 0.15) is 11.6 Å². The van der Waals surface area contributed by atoms with Crippen molar-refractivity contribution < 1.29 is 13.9 Å². The van der Waals surface area contributed by atoms with E-state index >= 15 is 0 Å². The van der Waals surface area contributed by atoms with E-state index in [1.165, 1.54) is 30.4 Å². The van der Waals surface area contributed by atoms with Crippen LogP contribution in [0.25, 0.3) is 0 Å². The summed E-state index contributed by atoms with van der Waals surface area (Å²) < 4.78 is 19.1. The SMILES string of the molecule is COc1ccc(NC(=O)N2CCC3(CCc4ccccc43)C2)c(F)c1. The number of carbonyl (C=O) groups excluding carboxylic acids is 1. The molecule has 4 rings (SSSR count). The summed E-state index contributed by atoms with van der Waals surface area (Å²) in [4.78, 5) is 14.4. The predicted molar refractivity (Wildman–Crippen MR) is 94.6 cm³/mol. The number of hydrogen-bond acceptors (Lipinski definition) is 2. The maximum Gasteiger partial charge on any atom is 0.321 e. The van der Waals surface area contributed by atoms with Gasteiger partial charge in [-0.3, -0.25) is 0 Å². The van der Waals surface area contributed by atoms with E-state index in [2.05, 4.69) is 29.6 Å². The molecular formula is C20H21FN2O2. The molecule has 0 bridgehead atoms. The maximum atomic E-state index is 14.1. The molecule has 5 heteroatoms. The van der Waals surface area contributed by atoms with Crippen LogP contribution in [0.5, 0.6) is 5.75 Å². The van der Waals surface area contributed by atoms with Crippen LogP contribution in [0.2, 0.25) is 0 Å². The highest BCUT2D eigenvalue weighted by Gasteiger charge is 2.45. The van der Waals surface area contributed by atoms with Gasteiger partial charge in [0.25, 0.3) is 0 Å². The summed E-state index contributed by atoms with van der Waals surface area (Å²) >= 11 is 0. The summed E-state index contributed by atoms with van der Waals surface area (Å²) in [7, 11) is 1.48. The van der Waals surface area contributed by atoms with E-state index < -0.39 is 5.82 Å². The zero-order valence-electron chi connectivity index (χ0n) is 14.2. The van der Waals surface area contributed by atoms with Gasteiger partial charge in [0.15, 0.2) is 0 Å². The molecule has 1 spiro atoms. The lowest BCUT2D eigenvalue weighted by Crippen LogP contribution is -2.36. The van der Waals surface area contributed by atoms with E-state index in [4.69, 9.17) is 4.74 Å². The first-order valence-corrected chi connectivity index (χ1v) is 8.59. The molecule has 2 amide bonds. The molecule has 1 N–H and O–H groups in total. The minimum Gasteiger partial charge on any atom is -0.497 e. The molecular weight excluding hydrogens is 319 g/mol. The van der Waals surface area contributed by atoms with E-state index in [0.29, 0.717) is 18.8 Å². The fourth-order valence-corrected chi connectivity index (χ4v) is 4.15. The topological polar surface area (TPSA) is 41.6 Å². The van der Waals surface area contributed by atoms with E-state index in [-0.39, 0.29) is 17.1 Å². The number of benzene rings is 2. The number of urea groups is 1. The monoisotopic (exact) mass is 340 g/mol. The van der Waals surface area contributed by atoms with Crippen molar-refractivity contribution in [3.05, 3.63) is 59.4 Å². The fourth-order valence-electron chi connectivity index (χ4n) is 4.15. The largest absolute Gasteiger partial charge is 0.497 e. The van der Waals surface area contributed by atoms with Gasteiger partial charge in [0.05, 0.1) is 12.8 Å². The summed E-state index contributed by atoms with van der Waals surface area (Å²) in [6.45, 7) is 1.38. The van der Waals surface area contributed by atoms with Crippen LogP contribution in [0.1, 0.15) is 24.0 Å². The van der Waals surface area contributed by atoms with Crippen LogP contribution < -0.4 is 10.1 Å². The smallest absolute Gasteiger partial charge is 0.321 e. The van der Waals surface area contributed by atoms with E-state index in [9.17, 15) is 9.18 Å². The van der Waals surface area contributed by atoms with Crippen LogP contribution in [-0.2, 0) is 11.8 Å². The second kappa shape index (κ2) is 6.06. The Bertz CT molecular complexity index is 823. The molecule has 1 heterocycles. The number of methoxy groups -OCH3 is 1. The number of fused-ring (bicyclic) bond motifs is 2. The molecule has 2 aromatic rings. The zero-order chi connectivity index (χ0) is 17.4. The molecule has 1 aliphatic carbocycles. The highest BCUT2D eigenvalue weighted by molar-refractivity contribution is 5.90. The number of rotatable bonds is 2. The van der Waals surface area contributed by atoms with Crippen LogP contribution >= 0.6 is 0 Å². The summed E-state index contributed by atoms with van der Waals surface area (Å²) in [5.41, 5.74) is 3.01. The van der Waals surface area contributed by atoms with Gasteiger partial charge in [0.2, 0.25) is 0 Å². The predicted octanol–water partition coefficient (Wildman–Crippen LogP) is 3.96. The van der Waals surface area contributed by atoms with Crippen molar-refractivity contribution in [3.63, 3.8) is 0 Å². The van der Waals surface area contributed by atoms with Gasteiger partial charge in [-0.15, -0.1) is 0 Å². The summed E-state index contributed by atoms with van der Waals surface area (Å²) in [5, 5.41) is 2.69. The van der Waals surface area contributed by atoms with Crippen LogP contribution in [0.4, 0.5) is 14.9 Å². The highest BCUT2D eigenvalue weighted by atomic mass is 19.1. The number of ether oxygens (including phenoxy) is 1. The zero-order valence-corrected chi connectivity index (χ0v) is 14.2. The Morgan fingerprint density at radius 2 is 2.08 bits per heavy atom. The first-order valence-electron chi connectivity index (χ1n) is 8.59. The number of nitrogens with one attached hydrogen (secondary N) is 1. The van der Waals surface area contributed by atoms with Crippen molar-refractivity contribution in [1.29, 1.82) is 0 Å². The first-order chi connectivity index (χ1) is 12.1. The Kier molecular flexibility index (Phi) is 3.86. The third-order valence-electron chi connectivity index (χ3n) is 5.52. The second-order valence-corrected chi connectivity index (χ2v) is 6.88. The average Bonchev–Trinajstić information content (AvgIpc) is 3.23. The van der Waals surface area contributed by atoms with Crippen molar-refractivity contribution in [1.82, 2.24) is 4.90 Å². The van der Waals surface area contributed by atoms with Crippen molar-refractivity contribution >= 4 is 11.7 Å². The summed E-state index contributed by atoms with van der Waals surface area (Å²) in [5.74, 6) is -0.0639. The lowest BCUT2D eigenvalue weighted by molar-refractivity contribution is 0.219. The molecule has 25 heavy (non-hydrogen) atoms. The molecule has 1 unspecified atom stereocenters. The van der Waals surface area contributed by atoms with Crippen LogP contribution in [-0.4, -0.2) is 31.1 Å². The molecule has 0 saturated carbocycles. The number of hydrogen-bond donors (Lipinski definition) is 1. The number of aryl methyl sites for hydroxylation is 1. The molecule has 4 nitrogen and oxygen atoms in total. The number of amides is 2. The van der Waals surface area contributed by atoms with Crippen molar-refractivity contribution in [3.8, 4) is 5.75 Å². The summed E-state index contributed by atoms with van der Waals surface area (Å²) in [6, 6.07) is 12.7. The van der Waals surface area contributed by atoms with Gasteiger partial charge >= 0.3 is 6.03 Å². The van der Waals surface area contributed by atoms with Crippen LogP contribution in [0, 0.1) is 5.82 Å². The number of anilines is 1. The van der Waals surface area contributed by atoms with Gasteiger partial charge in [0, 0.05) is 24.6 Å². The fraction of sp³-hybridized carbons (Fsp3) is 0.350. The Morgan fingerprint density at radius 3 is 2.88 bits per heavy atom. The molecule has 1 aliphatic heterocycles. The second-order valence-electron chi connectivity index (χ2n) is 6.88. The van der Waals surface area contributed by atoms with Crippen molar-refractivity contribution in [2.24, 2.45) is 0 Å². The third kappa shape index (κ3) is 2.73. The minimum atomic E-state index is -0.493. The Hall–Kier alpha value is -2.56. The standard InChI is InChI=1S/C20H21FN2O2/c1-25-15-6-7-18(17(21)12-15)22-19(24)23-11-10-20(13-23)9-8-14-4-2-3-5-16(14)20/h2-7,12H,8-11,13H2,1H3,(H,22,24). The number of carbonyl (C=O) groups is 1. The molecule has 1 atom stereocenters. The van der Waals surface area contributed by atoms with Gasteiger partial charge < -0.3 is 15.0 Å². The molecule has 0 aromatic heterocycles. The molecule has 130 valence electrons. The van der Waals surface area contributed by atoms with Gasteiger partial charge in [-0.2, -0.15) is 0 Å².